The molecule has 0 aliphatic carbocycles. The van der Waals surface area contributed by atoms with Crippen LogP contribution in [0.25, 0.3) is 0 Å². The van der Waals surface area contributed by atoms with Crippen molar-refractivity contribution in [2.45, 2.75) is 322 Å². The van der Waals surface area contributed by atoms with Crippen molar-refractivity contribution in [3.63, 3.8) is 0 Å². The van der Waals surface area contributed by atoms with Crippen molar-refractivity contribution >= 4 is 19.8 Å². The molecule has 78 heavy (non-hydrogen) atoms. The highest BCUT2D eigenvalue weighted by Gasteiger charge is 2.26. The number of carbonyl (C=O) groups excluding carboxylic acids is 2. The van der Waals surface area contributed by atoms with Crippen LogP contribution in [0.1, 0.15) is 316 Å². The molecule has 0 aromatic carbocycles. The topological polar surface area (TPSA) is 134 Å². The normalized spacial score (nSPS) is 13.4. The third-order valence-electron chi connectivity index (χ3n) is 14.4. The lowest BCUT2D eigenvalue weighted by Gasteiger charge is -2.19. The second kappa shape index (κ2) is 63.6. The molecule has 0 fully saturated rings. The minimum absolute atomic E-state index is 0.0400. The first-order valence-electron chi connectivity index (χ1n) is 32.9. The molecule has 0 radical (unpaired) electrons. The maximum atomic E-state index is 12.7. The molecule has 2 atom stereocenters. The van der Waals surface area contributed by atoms with Crippen LogP contribution >= 0.6 is 7.82 Å². The van der Waals surface area contributed by atoms with Crippen LogP contribution in [0.2, 0.25) is 0 Å². The van der Waals surface area contributed by atoms with Crippen LogP contribution in [0.15, 0.2) is 72.9 Å². The van der Waals surface area contributed by atoms with E-state index in [2.05, 4.69) is 74.6 Å². The lowest BCUT2D eigenvalue weighted by atomic mass is 10.0. The van der Waals surface area contributed by atoms with Crippen LogP contribution in [0.4, 0.5) is 0 Å². The molecule has 0 spiro atoms. The minimum atomic E-state index is -4.41. The summed E-state index contributed by atoms with van der Waals surface area (Å²) in [6.45, 7) is 3.58. The van der Waals surface area contributed by atoms with E-state index in [4.69, 9.17) is 24.3 Å². The van der Waals surface area contributed by atoms with E-state index in [9.17, 15) is 19.0 Å². The van der Waals surface area contributed by atoms with Gasteiger partial charge in [0.05, 0.1) is 13.2 Å². The Kier molecular flexibility index (Phi) is 61.5. The van der Waals surface area contributed by atoms with Crippen molar-refractivity contribution < 1.29 is 37.6 Å². The van der Waals surface area contributed by atoms with E-state index in [0.717, 1.165) is 57.8 Å². The summed E-state index contributed by atoms with van der Waals surface area (Å²) in [5, 5.41) is 0. The number of rotatable bonds is 62. The smallest absolute Gasteiger partial charge is 0.462 e. The second-order valence-electron chi connectivity index (χ2n) is 22.0. The fraction of sp³-hybridized carbons (Fsp3) is 0.794. The molecule has 10 heteroatoms. The summed E-state index contributed by atoms with van der Waals surface area (Å²) in [6.07, 6.45) is 83.2. The van der Waals surface area contributed by atoms with Crippen molar-refractivity contribution in [2.75, 3.05) is 26.4 Å². The molecule has 0 aliphatic rings. The molecule has 0 saturated heterocycles. The maximum Gasteiger partial charge on any atom is 0.472 e. The molecular formula is C68H124NO8P. The lowest BCUT2D eigenvalue weighted by molar-refractivity contribution is -0.161. The Hall–Kier alpha value is -2.55. The van der Waals surface area contributed by atoms with Crippen molar-refractivity contribution in [1.29, 1.82) is 0 Å². The molecule has 0 amide bonds. The third kappa shape index (κ3) is 62.6. The molecule has 0 heterocycles. The Labute approximate surface area is 482 Å². The van der Waals surface area contributed by atoms with E-state index < -0.39 is 32.5 Å². The van der Waals surface area contributed by atoms with Crippen molar-refractivity contribution in [2.24, 2.45) is 5.73 Å². The number of nitrogens with two attached hydrogens (primary N) is 1. The Morgan fingerprint density at radius 2 is 0.705 bits per heavy atom. The monoisotopic (exact) mass is 1110 g/mol. The first-order chi connectivity index (χ1) is 38.3. The predicted octanol–water partition coefficient (Wildman–Crippen LogP) is 21.2. The first-order valence-corrected chi connectivity index (χ1v) is 34.4. The fourth-order valence-corrected chi connectivity index (χ4v) is 10.3. The van der Waals surface area contributed by atoms with Crippen LogP contribution in [-0.2, 0) is 32.7 Å². The number of carbonyl (C=O) groups is 2. The fourth-order valence-electron chi connectivity index (χ4n) is 9.55. The quantitative estimate of drug-likeness (QED) is 0.0264. The van der Waals surface area contributed by atoms with Crippen molar-refractivity contribution in [1.82, 2.24) is 0 Å². The Balaban J connectivity index is 3.82. The molecule has 9 nitrogen and oxygen atoms in total. The molecule has 454 valence electrons. The van der Waals surface area contributed by atoms with Gasteiger partial charge in [0, 0.05) is 19.4 Å². The van der Waals surface area contributed by atoms with Gasteiger partial charge in [-0.3, -0.25) is 18.6 Å². The van der Waals surface area contributed by atoms with Gasteiger partial charge in [-0.2, -0.15) is 0 Å². The average molecular weight is 1110 g/mol. The van der Waals surface area contributed by atoms with Crippen molar-refractivity contribution in [3.8, 4) is 0 Å². The third-order valence-corrected chi connectivity index (χ3v) is 15.4. The van der Waals surface area contributed by atoms with Gasteiger partial charge >= 0.3 is 19.8 Å². The molecule has 2 unspecified atom stereocenters. The Morgan fingerprint density at radius 1 is 0.397 bits per heavy atom. The van der Waals surface area contributed by atoms with Gasteiger partial charge in [0.2, 0.25) is 0 Å². The van der Waals surface area contributed by atoms with Crippen LogP contribution in [0, 0.1) is 0 Å². The van der Waals surface area contributed by atoms with Gasteiger partial charge in [0.1, 0.15) is 6.61 Å². The number of unbranched alkanes of at least 4 members (excludes halogenated alkanes) is 37. The maximum absolute atomic E-state index is 12.7. The van der Waals surface area contributed by atoms with Crippen LogP contribution in [-0.4, -0.2) is 49.3 Å². The van der Waals surface area contributed by atoms with Crippen LogP contribution in [0.5, 0.6) is 0 Å². The second-order valence-corrected chi connectivity index (χ2v) is 23.4. The average Bonchev–Trinajstić information content (AvgIpc) is 3.43. The summed E-state index contributed by atoms with van der Waals surface area (Å²) in [4.78, 5) is 35.2. The van der Waals surface area contributed by atoms with Gasteiger partial charge in [0.15, 0.2) is 6.10 Å². The summed E-state index contributed by atoms with van der Waals surface area (Å²) in [6, 6.07) is 0. The summed E-state index contributed by atoms with van der Waals surface area (Å²) < 4.78 is 33.0. The van der Waals surface area contributed by atoms with E-state index in [-0.39, 0.29) is 32.6 Å². The highest BCUT2D eigenvalue weighted by Crippen LogP contribution is 2.43. The van der Waals surface area contributed by atoms with Gasteiger partial charge in [-0.05, 0) is 51.4 Å². The summed E-state index contributed by atoms with van der Waals surface area (Å²) in [5.74, 6) is -0.918. The van der Waals surface area contributed by atoms with Gasteiger partial charge in [-0.15, -0.1) is 0 Å². The summed E-state index contributed by atoms with van der Waals surface area (Å²) in [5.41, 5.74) is 5.38. The minimum Gasteiger partial charge on any atom is -0.462 e. The number of ether oxygens (including phenoxy) is 2. The van der Waals surface area contributed by atoms with Gasteiger partial charge < -0.3 is 20.1 Å². The highest BCUT2D eigenvalue weighted by atomic mass is 31.2. The van der Waals surface area contributed by atoms with E-state index in [0.29, 0.717) is 6.42 Å². The Morgan fingerprint density at radius 3 is 1.03 bits per heavy atom. The van der Waals surface area contributed by atoms with Crippen molar-refractivity contribution in [3.05, 3.63) is 72.9 Å². The largest absolute Gasteiger partial charge is 0.472 e. The zero-order chi connectivity index (χ0) is 56.6. The standard InChI is InChI=1S/C68H124NO8P/c1-3-5-7-9-11-13-15-17-19-21-23-24-25-26-27-28-29-30-31-32-33-34-35-36-37-38-39-40-41-43-44-46-48-50-52-54-56-58-60-67(70)74-64-66(65-76-78(72,73)75-63-62-69)77-68(71)61-59-57-55-53-51-49-47-45-42-22-20-18-16-14-12-10-8-6-4-2/h6,8,12,14,18,20,42,45,49,51,55,57,66H,3-5,7,9-11,13,15-17,19,21-41,43-44,46-48,50,52-54,56,58-65,69H2,1-2H3,(H,72,73)/b8-6-,14-12-,20-18-,45-42-,51-49-,57-55-. The molecule has 0 bridgehead atoms. The van der Waals surface area contributed by atoms with E-state index in [1.807, 2.05) is 12.2 Å². The van der Waals surface area contributed by atoms with Crippen LogP contribution < -0.4 is 5.73 Å². The van der Waals surface area contributed by atoms with E-state index in [1.54, 1.807) is 0 Å². The molecule has 3 N–H and O–H groups in total. The molecule has 0 rings (SSSR count). The number of hydrogen-bond acceptors (Lipinski definition) is 8. The number of esters is 2. The Bertz CT molecular complexity index is 1510. The highest BCUT2D eigenvalue weighted by molar-refractivity contribution is 7.47. The summed E-state index contributed by atoms with van der Waals surface area (Å²) >= 11 is 0. The molecule has 0 saturated carbocycles. The molecule has 0 aromatic rings. The van der Waals surface area contributed by atoms with E-state index >= 15 is 0 Å². The first kappa shape index (κ1) is 75.5. The van der Waals surface area contributed by atoms with Gasteiger partial charge in [-0.1, -0.05) is 324 Å². The SMILES string of the molecule is CC/C=C\C/C=C\C/C=C\C/C=C\C/C=C\C/C=C\CCC(=O)OC(COC(=O)CCCCCCCCCCCCCCCCCCCCCCCCCCCCCCCCCCCCCCCC)COP(=O)(O)OCCN. The van der Waals surface area contributed by atoms with Gasteiger partial charge in [0.25, 0.3) is 0 Å². The predicted molar refractivity (Wildman–Crippen MR) is 335 cm³/mol. The molecule has 0 aromatic heterocycles. The number of phosphoric ester groups is 1. The van der Waals surface area contributed by atoms with Crippen LogP contribution in [0.3, 0.4) is 0 Å². The zero-order valence-electron chi connectivity index (χ0n) is 50.9. The van der Waals surface area contributed by atoms with E-state index in [1.165, 1.54) is 225 Å². The number of phosphoric acid groups is 1. The number of allylic oxidation sites excluding steroid dienone is 12. The number of hydrogen-bond donors (Lipinski definition) is 2. The van der Waals surface area contributed by atoms with Gasteiger partial charge in [-0.25, -0.2) is 4.57 Å². The lowest BCUT2D eigenvalue weighted by Crippen LogP contribution is -2.29. The molecular weight excluding hydrogens is 990 g/mol. The zero-order valence-corrected chi connectivity index (χ0v) is 51.8. The molecule has 0 aliphatic heterocycles. The summed E-state index contributed by atoms with van der Waals surface area (Å²) in [7, 11) is -4.41.